The van der Waals surface area contributed by atoms with E-state index in [2.05, 4.69) is 36.4 Å². The predicted octanol–water partition coefficient (Wildman–Crippen LogP) is 3.17. The van der Waals surface area contributed by atoms with Crippen LogP contribution < -0.4 is 11.0 Å². The summed E-state index contributed by atoms with van der Waals surface area (Å²) in [6.07, 6.45) is 1.10. The van der Waals surface area contributed by atoms with Crippen molar-refractivity contribution in [3.05, 3.63) is 51.4 Å². The molecule has 1 aliphatic rings. The highest BCUT2D eigenvalue weighted by Crippen LogP contribution is 2.23. The van der Waals surface area contributed by atoms with Gasteiger partial charge in [-0.15, -0.1) is 0 Å². The van der Waals surface area contributed by atoms with Gasteiger partial charge in [0.1, 0.15) is 0 Å². The van der Waals surface area contributed by atoms with Gasteiger partial charge in [-0.1, -0.05) is 32.9 Å². The summed E-state index contributed by atoms with van der Waals surface area (Å²) in [5, 5.41) is 17.0. The highest BCUT2D eigenvalue weighted by molar-refractivity contribution is 7.80. The summed E-state index contributed by atoms with van der Waals surface area (Å²) in [5.74, 6) is -1.08. The number of nitrogens with zero attached hydrogens (tertiary/aromatic N) is 3. The number of aromatic nitrogens is 2. The molecule has 0 spiro atoms. The molecule has 0 atom stereocenters. The molecule has 2 heterocycles. The van der Waals surface area contributed by atoms with Gasteiger partial charge in [-0.05, 0) is 62.0 Å². The van der Waals surface area contributed by atoms with Gasteiger partial charge in [0.2, 0.25) is 0 Å². The van der Waals surface area contributed by atoms with Crippen LogP contribution in [0, 0.1) is 12.8 Å². The molecule has 8 nitrogen and oxygen atoms in total. The lowest BCUT2D eigenvalue weighted by Gasteiger charge is -2.31. The molecule has 9 heteroatoms. The van der Waals surface area contributed by atoms with E-state index in [9.17, 15) is 9.59 Å². The van der Waals surface area contributed by atoms with Crippen molar-refractivity contribution in [2.75, 3.05) is 13.1 Å². The van der Waals surface area contributed by atoms with Crippen molar-refractivity contribution in [3.63, 3.8) is 0 Å². The smallest absolute Gasteiger partial charge is 0.306 e. The third-order valence-corrected chi connectivity index (χ3v) is 6.22. The maximum Gasteiger partial charge on any atom is 0.306 e. The first-order chi connectivity index (χ1) is 15.0. The predicted molar refractivity (Wildman–Crippen MR) is 130 cm³/mol. The molecule has 3 rings (SSSR count). The minimum Gasteiger partial charge on any atom is -0.481 e. The van der Waals surface area contributed by atoms with Gasteiger partial charge in [-0.3, -0.25) is 20.1 Å². The lowest BCUT2D eigenvalue weighted by atomic mass is 9.87. The first-order valence-corrected chi connectivity index (χ1v) is 11.1. The number of aromatic amines is 1. The van der Waals surface area contributed by atoms with Gasteiger partial charge < -0.3 is 10.0 Å². The number of piperidine rings is 1. The zero-order chi connectivity index (χ0) is 23.6. The van der Waals surface area contributed by atoms with E-state index in [1.165, 1.54) is 10.2 Å². The number of thiocarbonyl (C=S) groups is 1. The molecule has 2 aromatic rings. The minimum atomic E-state index is -0.760. The van der Waals surface area contributed by atoms with Crippen molar-refractivity contribution in [1.29, 1.82) is 0 Å². The Morgan fingerprint density at radius 2 is 1.81 bits per heavy atom. The quantitative estimate of drug-likeness (QED) is 0.370. The third-order valence-electron chi connectivity index (χ3n) is 5.88. The van der Waals surface area contributed by atoms with Gasteiger partial charge in [-0.2, -0.15) is 5.10 Å². The average molecular weight is 458 g/mol. The number of H-pyrrole nitrogens is 1. The van der Waals surface area contributed by atoms with Gasteiger partial charge in [0.05, 0.1) is 22.9 Å². The molecule has 1 saturated heterocycles. The average Bonchev–Trinajstić information content (AvgIpc) is 3.05. The normalized spacial score (nSPS) is 15.7. The monoisotopic (exact) mass is 457 g/mol. The molecule has 0 aliphatic carbocycles. The van der Waals surface area contributed by atoms with Crippen molar-refractivity contribution in [2.24, 2.45) is 11.0 Å². The molecule has 1 aliphatic heterocycles. The van der Waals surface area contributed by atoms with E-state index in [0.29, 0.717) is 48.0 Å². The van der Waals surface area contributed by atoms with E-state index in [4.69, 9.17) is 17.3 Å². The fraction of sp³-hybridized carbons (Fsp3) is 0.478. The Morgan fingerprint density at radius 3 is 2.34 bits per heavy atom. The van der Waals surface area contributed by atoms with Gasteiger partial charge in [-0.25, -0.2) is 4.68 Å². The minimum absolute atomic E-state index is 0.0382. The number of aryl methyl sites for hydroxylation is 1. The highest BCUT2D eigenvalue weighted by atomic mass is 32.1. The largest absolute Gasteiger partial charge is 0.481 e. The molecule has 32 heavy (non-hydrogen) atoms. The number of carbonyl (C=O) groups is 1. The van der Waals surface area contributed by atoms with Gasteiger partial charge >= 0.3 is 5.97 Å². The van der Waals surface area contributed by atoms with E-state index >= 15 is 0 Å². The number of benzene rings is 1. The number of hydrogen-bond acceptors (Lipinski definition) is 4. The molecule has 1 aromatic heterocycles. The van der Waals surface area contributed by atoms with Crippen LogP contribution in [-0.4, -0.2) is 49.7 Å². The SMILES string of the molecule is CC(=NNC(=S)N1CCC(C(=O)O)CC1)c1c(C)[nH]n(-c2ccc(C(C)(C)C)cc2)c1=O. The Morgan fingerprint density at radius 1 is 1.22 bits per heavy atom. The van der Waals surface area contributed by atoms with E-state index in [0.717, 1.165) is 5.69 Å². The number of aliphatic carboxylic acids is 1. The first kappa shape index (κ1) is 23.7. The van der Waals surface area contributed by atoms with Crippen molar-refractivity contribution in [1.82, 2.24) is 20.1 Å². The molecule has 0 amide bonds. The summed E-state index contributed by atoms with van der Waals surface area (Å²) in [4.78, 5) is 26.1. The van der Waals surface area contributed by atoms with Crippen LogP contribution in [-0.2, 0) is 10.2 Å². The Balaban J connectivity index is 1.74. The summed E-state index contributed by atoms with van der Waals surface area (Å²) >= 11 is 5.41. The van der Waals surface area contributed by atoms with Crippen LogP contribution in [0.4, 0.5) is 0 Å². The summed E-state index contributed by atoms with van der Waals surface area (Å²) < 4.78 is 1.52. The number of hydrazone groups is 1. The Labute approximate surface area is 193 Å². The Hall–Kier alpha value is -2.94. The molecule has 172 valence electrons. The molecule has 3 N–H and O–H groups in total. The lowest BCUT2D eigenvalue weighted by molar-refractivity contribution is -0.143. The van der Waals surface area contributed by atoms with E-state index in [1.54, 1.807) is 6.92 Å². The Kier molecular flexibility index (Phi) is 6.88. The van der Waals surface area contributed by atoms with E-state index in [-0.39, 0.29) is 16.9 Å². The first-order valence-electron chi connectivity index (χ1n) is 10.7. The molecular weight excluding hydrogens is 426 g/mol. The van der Waals surface area contributed by atoms with Crippen molar-refractivity contribution >= 4 is 29.0 Å². The molecular formula is C23H31N5O3S. The van der Waals surface area contributed by atoms with E-state index in [1.807, 2.05) is 36.1 Å². The molecule has 1 fully saturated rings. The number of likely N-dealkylation sites (tertiary alicyclic amines) is 1. The molecule has 0 saturated carbocycles. The number of carboxylic acids is 1. The summed E-state index contributed by atoms with van der Waals surface area (Å²) in [6.45, 7) is 11.2. The van der Waals surface area contributed by atoms with Crippen LogP contribution in [0.1, 0.15) is 57.4 Å². The van der Waals surface area contributed by atoms with Crippen molar-refractivity contribution in [3.8, 4) is 5.69 Å². The summed E-state index contributed by atoms with van der Waals surface area (Å²) in [7, 11) is 0. The number of nitrogens with one attached hydrogen (secondary N) is 2. The Bertz CT molecular complexity index is 1080. The highest BCUT2D eigenvalue weighted by Gasteiger charge is 2.25. The van der Waals surface area contributed by atoms with Crippen LogP contribution in [0.5, 0.6) is 0 Å². The fourth-order valence-corrected chi connectivity index (χ4v) is 4.08. The molecule has 0 bridgehead atoms. The van der Waals surface area contributed by atoms with Crippen LogP contribution >= 0.6 is 12.2 Å². The maximum atomic E-state index is 13.1. The molecule has 0 unspecified atom stereocenters. The molecule has 0 radical (unpaired) electrons. The number of hydrogen-bond donors (Lipinski definition) is 3. The third kappa shape index (κ3) is 5.09. The number of carboxylic acid groups (broad SMARTS) is 1. The van der Waals surface area contributed by atoms with Crippen LogP contribution in [0.2, 0.25) is 0 Å². The van der Waals surface area contributed by atoms with Crippen LogP contribution in [0.25, 0.3) is 5.69 Å². The second-order valence-electron chi connectivity index (χ2n) is 9.26. The lowest BCUT2D eigenvalue weighted by Crippen LogP contribution is -2.44. The second kappa shape index (κ2) is 9.28. The zero-order valence-electron chi connectivity index (χ0n) is 19.2. The number of rotatable bonds is 4. The molecule has 1 aromatic carbocycles. The van der Waals surface area contributed by atoms with E-state index < -0.39 is 5.97 Å². The van der Waals surface area contributed by atoms with Gasteiger partial charge in [0, 0.05) is 18.8 Å². The standard InChI is InChI=1S/C23H31N5O3S/c1-14(24-25-22(32)27-12-10-16(11-13-27)21(30)31)19-15(2)26-28(20(19)29)18-8-6-17(7-9-18)23(3,4)5/h6-9,16,26H,10-13H2,1-5H3,(H,25,32)(H,30,31). The second-order valence-corrected chi connectivity index (χ2v) is 9.65. The van der Waals surface area contributed by atoms with Crippen molar-refractivity contribution < 1.29 is 9.90 Å². The summed E-state index contributed by atoms with van der Waals surface area (Å²) in [5.41, 5.74) is 6.40. The van der Waals surface area contributed by atoms with Crippen LogP contribution in [0.3, 0.4) is 0 Å². The summed E-state index contributed by atoms with van der Waals surface area (Å²) in [6, 6.07) is 7.93. The van der Waals surface area contributed by atoms with Gasteiger partial charge in [0.15, 0.2) is 5.11 Å². The van der Waals surface area contributed by atoms with Crippen molar-refractivity contribution in [2.45, 2.75) is 52.9 Å². The van der Waals surface area contributed by atoms with Crippen LogP contribution in [0.15, 0.2) is 34.2 Å². The van der Waals surface area contributed by atoms with Gasteiger partial charge in [0.25, 0.3) is 5.56 Å². The zero-order valence-corrected chi connectivity index (χ0v) is 20.0. The maximum absolute atomic E-state index is 13.1. The topological polar surface area (TPSA) is 103 Å². The fourth-order valence-electron chi connectivity index (χ4n) is 3.85.